The first-order chi connectivity index (χ1) is 15.4. The highest BCUT2D eigenvalue weighted by Crippen LogP contribution is 2.32. The summed E-state index contributed by atoms with van der Waals surface area (Å²) in [5.74, 6) is 0.882. The largest absolute Gasteiger partial charge is 0.379 e. The van der Waals surface area contributed by atoms with Crippen molar-refractivity contribution in [3.05, 3.63) is 67.3 Å². The fourth-order valence-corrected chi connectivity index (χ4v) is 3.90. The lowest BCUT2D eigenvalue weighted by Gasteiger charge is -2.26. The zero-order valence-electron chi connectivity index (χ0n) is 17.3. The molecule has 7 nitrogen and oxygen atoms in total. The molecule has 0 spiro atoms. The van der Waals surface area contributed by atoms with Crippen molar-refractivity contribution in [2.24, 2.45) is 0 Å². The lowest BCUT2D eigenvalue weighted by molar-refractivity contribution is 0.0398. The van der Waals surface area contributed by atoms with Gasteiger partial charge in [0.25, 0.3) is 0 Å². The molecule has 3 aromatic heterocycles. The summed E-state index contributed by atoms with van der Waals surface area (Å²) in [6.07, 6.45) is 7.54. The molecule has 0 saturated carbocycles. The minimum Gasteiger partial charge on any atom is -0.379 e. The molecule has 1 fully saturated rings. The number of morpholine rings is 1. The van der Waals surface area contributed by atoms with Crippen LogP contribution in [0.1, 0.15) is 0 Å². The van der Waals surface area contributed by atoms with E-state index >= 15 is 0 Å². The maximum absolute atomic E-state index is 5.40. The first kappa shape index (κ1) is 19.5. The summed E-state index contributed by atoms with van der Waals surface area (Å²) in [4.78, 5) is 14.6. The number of H-pyrrole nitrogens is 1. The third-order valence-electron chi connectivity index (χ3n) is 5.60. The van der Waals surface area contributed by atoms with Crippen molar-refractivity contribution in [3.63, 3.8) is 0 Å². The van der Waals surface area contributed by atoms with Crippen molar-refractivity contribution in [3.8, 4) is 11.1 Å². The Morgan fingerprint density at radius 2 is 1.94 bits per heavy atom. The number of benzene rings is 1. The van der Waals surface area contributed by atoms with Gasteiger partial charge in [-0.2, -0.15) is 0 Å². The summed E-state index contributed by atoms with van der Waals surface area (Å²) >= 11 is 0. The van der Waals surface area contributed by atoms with Gasteiger partial charge in [0.15, 0.2) is 0 Å². The molecule has 0 atom stereocenters. The van der Waals surface area contributed by atoms with Crippen LogP contribution in [0.25, 0.3) is 22.0 Å². The van der Waals surface area contributed by atoms with Gasteiger partial charge in [0.05, 0.1) is 13.2 Å². The molecule has 0 bridgehead atoms. The number of pyridine rings is 2. The Hall–Kier alpha value is -3.42. The van der Waals surface area contributed by atoms with E-state index in [1.165, 1.54) is 0 Å². The van der Waals surface area contributed by atoms with Gasteiger partial charge in [-0.05, 0) is 36.4 Å². The molecule has 1 saturated heterocycles. The number of aromatic nitrogens is 3. The van der Waals surface area contributed by atoms with Crippen LogP contribution in [0.2, 0.25) is 0 Å². The van der Waals surface area contributed by atoms with Gasteiger partial charge in [0.2, 0.25) is 0 Å². The zero-order chi connectivity index (χ0) is 20.9. The van der Waals surface area contributed by atoms with E-state index in [1.54, 1.807) is 6.20 Å². The minimum atomic E-state index is 0.826. The second-order valence-electron chi connectivity index (χ2n) is 7.60. The van der Waals surface area contributed by atoms with E-state index in [-0.39, 0.29) is 0 Å². The molecule has 0 aliphatic carbocycles. The third kappa shape index (κ3) is 4.52. The Balaban J connectivity index is 1.28. The third-order valence-corrected chi connectivity index (χ3v) is 5.60. The van der Waals surface area contributed by atoms with E-state index < -0.39 is 0 Å². The van der Waals surface area contributed by atoms with Crippen molar-refractivity contribution in [1.29, 1.82) is 0 Å². The minimum absolute atomic E-state index is 0.826. The maximum Gasteiger partial charge on any atom is 0.125 e. The predicted octanol–water partition coefficient (Wildman–Crippen LogP) is 4.11. The first-order valence-electron chi connectivity index (χ1n) is 10.6. The number of anilines is 3. The van der Waals surface area contributed by atoms with Gasteiger partial charge in [-0.3, -0.25) is 9.88 Å². The van der Waals surface area contributed by atoms with Crippen LogP contribution in [0, 0.1) is 0 Å². The molecule has 1 aliphatic rings. The molecule has 3 N–H and O–H groups in total. The van der Waals surface area contributed by atoms with Gasteiger partial charge < -0.3 is 20.4 Å². The molecule has 1 aliphatic heterocycles. The van der Waals surface area contributed by atoms with Gasteiger partial charge in [0.1, 0.15) is 5.82 Å². The van der Waals surface area contributed by atoms with Crippen molar-refractivity contribution in [1.82, 2.24) is 19.9 Å². The second-order valence-corrected chi connectivity index (χ2v) is 7.60. The average molecular weight is 415 g/mol. The first-order valence-corrected chi connectivity index (χ1v) is 10.6. The summed E-state index contributed by atoms with van der Waals surface area (Å²) in [5, 5.41) is 8.14. The van der Waals surface area contributed by atoms with Crippen molar-refractivity contribution in [2.45, 2.75) is 0 Å². The number of aromatic amines is 1. The molecular weight excluding hydrogens is 388 g/mol. The fraction of sp³-hybridized carbons (Fsp3) is 0.250. The van der Waals surface area contributed by atoms with Crippen molar-refractivity contribution >= 4 is 28.1 Å². The van der Waals surface area contributed by atoms with E-state index in [0.717, 1.165) is 78.6 Å². The SMILES string of the molecule is c1cc(Nc2ccncc2-c2ccc(NCCN3CCOCC3)nc2)c2cc[nH]c2c1. The number of nitrogens with zero attached hydrogens (tertiary/aromatic N) is 3. The van der Waals surface area contributed by atoms with E-state index in [0.29, 0.717) is 0 Å². The van der Waals surface area contributed by atoms with Crippen molar-refractivity contribution in [2.75, 3.05) is 50.0 Å². The molecule has 0 amide bonds. The highest BCUT2D eigenvalue weighted by molar-refractivity contribution is 5.95. The van der Waals surface area contributed by atoms with Gasteiger partial charge in [-0.25, -0.2) is 4.98 Å². The van der Waals surface area contributed by atoms with E-state index in [1.807, 2.05) is 36.8 Å². The van der Waals surface area contributed by atoms with Gasteiger partial charge >= 0.3 is 0 Å². The summed E-state index contributed by atoms with van der Waals surface area (Å²) in [7, 11) is 0. The Labute approximate surface area is 181 Å². The molecule has 31 heavy (non-hydrogen) atoms. The summed E-state index contributed by atoms with van der Waals surface area (Å²) in [6, 6.07) is 14.4. The number of nitrogens with one attached hydrogen (secondary N) is 3. The summed E-state index contributed by atoms with van der Waals surface area (Å²) < 4.78 is 5.40. The standard InChI is InChI=1S/C24H26N6O/c1-2-21-19(6-9-26-21)22(3-1)29-23-7-8-25-17-20(23)18-4-5-24(28-16-18)27-10-11-30-12-14-31-15-13-30/h1-9,16-17,26H,10-15H2,(H,25,29)(H,27,28). The Morgan fingerprint density at radius 1 is 1.00 bits per heavy atom. The molecule has 5 rings (SSSR count). The molecule has 7 heteroatoms. The van der Waals surface area contributed by atoms with E-state index in [9.17, 15) is 0 Å². The normalized spacial score (nSPS) is 14.6. The van der Waals surface area contributed by atoms with E-state index in [2.05, 4.69) is 54.8 Å². The highest BCUT2D eigenvalue weighted by Gasteiger charge is 2.11. The highest BCUT2D eigenvalue weighted by atomic mass is 16.5. The van der Waals surface area contributed by atoms with E-state index in [4.69, 9.17) is 4.74 Å². The smallest absolute Gasteiger partial charge is 0.125 e. The second kappa shape index (κ2) is 9.16. The lowest BCUT2D eigenvalue weighted by atomic mass is 10.1. The van der Waals surface area contributed by atoms with Crippen LogP contribution in [0.5, 0.6) is 0 Å². The Morgan fingerprint density at radius 3 is 2.81 bits per heavy atom. The average Bonchev–Trinajstić information content (AvgIpc) is 3.31. The number of hydrogen-bond donors (Lipinski definition) is 3. The van der Waals surface area contributed by atoms with Gasteiger partial charge in [-0.15, -0.1) is 0 Å². The van der Waals surface area contributed by atoms with Crippen LogP contribution >= 0.6 is 0 Å². The quantitative estimate of drug-likeness (QED) is 0.422. The maximum atomic E-state index is 5.40. The van der Waals surface area contributed by atoms with Crippen molar-refractivity contribution < 1.29 is 4.74 Å². The zero-order valence-corrected chi connectivity index (χ0v) is 17.3. The van der Waals surface area contributed by atoms with Crippen LogP contribution in [-0.2, 0) is 4.74 Å². The molecule has 4 heterocycles. The van der Waals surface area contributed by atoms with Crippen LogP contribution in [0.15, 0.2) is 67.3 Å². The van der Waals surface area contributed by atoms with Crippen LogP contribution in [0.3, 0.4) is 0 Å². The summed E-state index contributed by atoms with van der Waals surface area (Å²) in [5.41, 5.74) is 5.20. The van der Waals surface area contributed by atoms with Gasteiger partial charge in [-0.1, -0.05) is 6.07 Å². The Kier molecular flexibility index (Phi) is 5.77. The Bertz CT molecular complexity index is 1130. The molecule has 158 valence electrons. The number of rotatable bonds is 7. The molecule has 0 unspecified atom stereocenters. The molecule has 4 aromatic rings. The van der Waals surface area contributed by atoms with Crippen LogP contribution in [0.4, 0.5) is 17.2 Å². The molecule has 1 aromatic carbocycles. The fourth-order valence-electron chi connectivity index (χ4n) is 3.90. The number of ether oxygens (including phenoxy) is 1. The number of hydrogen-bond acceptors (Lipinski definition) is 6. The van der Waals surface area contributed by atoms with Crippen LogP contribution < -0.4 is 10.6 Å². The predicted molar refractivity (Wildman–Crippen MR) is 125 cm³/mol. The van der Waals surface area contributed by atoms with Gasteiger partial charge in [0, 0.05) is 84.4 Å². The number of fused-ring (bicyclic) bond motifs is 1. The topological polar surface area (TPSA) is 78.1 Å². The monoisotopic (exact) mass is 414 g/mol. The summed E-state index contributed by atoms with van der Waals surface area (Å²) in [6.45, 7) is 5.52. The lowest BCUT2D eigenvalue weighted by Crippen LogP contribution is -2.39. The molecular formula is C24H26N6O. The van der Waals surface area contributed by atoms with Crippen LogP contribution in [-0.4, -0.2) is 59.2 Å². The molecule has 0 radical (unpaired) electrons.